The molecule has 0 aromatic heterocycles. The quantitative estimate of drug-likeness (QED) is 0.403. The third kappa shape index (κ3) is 6.16. The minimum atomic E-state index is -3.68. The van der Waals surface area contributed by atoms with Crippen LogP contribution in [0.4, 0.5) is 5.69 Å². The van der Waals surface area contributed by atoms with Crippen LogP contribution >= 0.6 is 23.2 Å². The van der Waals surface area contributed by atoms with Gasteiger partial charge in [0.15, 0.2) is 0 Å². The minimum absolute atomic E-state index is 0.00289. The molecule has 38 heavy (non-hydrogen) atoms. The van der Waals surface area contributed by atoms with E-state index in [0.717, 1.165) is 16.1 Å². The third-order valence-electron chi connectivity index (χ3n) is 6.31. The molecule has 0 atom stereocenters. The highest BCUT2D eigenvalue weighted by Crippen LogP contribution is 2.34. The molecule has 8 nitrogen and oxygen atoms in total. The van der Waals surface area contributed by atoms with E-state index >= 15 is 0 Å². The molecule has 12 heteroatoms. The normalized spacial score (nSPS) is 14.9. The number of hydrogen-bond donors (Lipinski definition) is 0. The van der Waals surface area contributed by atoms with Crippen molar-refractivity contribution in [2.24, 2.45) is 0 Å². The van der Waals surface area contributed by atoms with E-state index in [1.165, 1.54) is 4.31 Å². The van der Waals surface area contributed by atoms with Crippen LogP contribution in [0.5, 0.6) is 0 Å². The number of benzene rings is 3. The molecule has 0 radical (unpaired) electrons. The van der Waals surface area contributed by atoms with Gasteiger partial charge in [-0.15, -0.1) is 0 Å². The van der Waals surface area contributed by atoms with Gasteiger partial charge in [-0.05, 0) is 48.9 Å². The molecule has 1 aliphatic rings. The van der Waals surface area contributed by atoms with Gasteiger partial charge in [-0.1, -0.05) is 59.1 Å². The van der Waals surface area contributed by atoms with Crippen molar-refractivity contribution >= 4 is 54.8 Å². The van der Waals surface area contributed by atoms with Gasteiger partial charge < -0.3 is 4.90 Å². The summed E-state index contributed by atoms with van der Waals surface area (Å²) >= 11 is 12.3. The zero-order chi connectivity index (χ0) is 27.7. The Morgan fingerprint density at radius 1 is 0.868 bits per heavy atom. The van der Waals surface area contributed by atoms with Gasteiger partial charge in [0.1, 0.15) is 0 Å². The third-order valence-corrected chi connectivity index (χ3v) is 10.2. The number of hydrogen-bond acceptors (Lipinski definition) is 5. The molecule has 4 rings (SSSR count). The number of carbonyl (C=O) groups excluding carboxylic acids is 1. The molecule has 0 aliphatic carbocycles. The highest BCUT2D eigenvalue weighted by atomic mass is 35.5. The van der Waals surface area contributed by atoms with Crippen LogP contribution in [0, 0.1) is 6.92 Å². The molecule has 202 valence electrons. The zero-order valence-corrected chi connectivity index (χ0v) is 24.0. The lowest BCUT2D eigenvalue weighted by Gasteiger charge is -2.34. The zero-order valence-electron chi connectivity index (χ0n) is 20.8. The first kappa shape index (κ1) is 28.4. The monoisotopic (exact) mass is 595 g/mol. The van der Waals surface area contributed by atoms with Crippen LogP contribution < -0.4 is 4.31 Å². The molecule has 0 unspecified atom stereocenters. The first-order valence-corrected chi connectivity index (χ1v) is 15.8. The molecule has 1 heterocycles. The summed E-state index contributed by atoms with van der Waals surface area (Å²) in [5, 5.41) is 0.375. The first-order valence-electron chi connectivity index (χ1n) is 11.7. The number of rotatable bonds is 7. The van der Waals surface area contributed by atoms with Crippen LogP contribution in [0.15, 0.2) is 71.6 Å². The minimum Gasteiger partial charge on any atom is -0.336 e. The van der Waals surface area contributed by atoms with Gasteiger partial charge >= 0.3 is 0 Å². The molecular weight excluding hydrogens is 569 g/mol. The second kappa shape index (κ2) is 11.2. The molecule has 1 amide bonds. The van der Waals surface area contributed by atoms with E-state index in [4.69, 9.17) is 23.2 Å². The average molecular weight is 597 g/mol. The number of aryl methyl sites for hydroxylation is 1. The predicted molar refractivity (Wildman–Crippen MR) is 150 cm³/mol. The second-order valence-corrected chi connectivity index (χ2v) is 13.7. The van der Waals surface area contributed by atoms with E-state index in [1.807, 2.05) is 6.92 Å². The number of piperazine rings is 1. The van der Waals surface area contributed by atoms with Crippen LogP contribution in [0.25, 0.3) is 0 Å². The van der Waals surface area contributed by atoms with Crippen LogP contribution in [-0.2, 0) is 26.6 Å². The maximum Gasteiger partial charge on any atom is 0.253 e. The maximum atomic E-state index is 13.1. The summed E-state index contributed by atoms with van der Waals surface area (Å²) in [6.07, 6.45) is 1.08. The van der Waals surface area contributed by atoms with Crippen LogP contribution in [0.3, 0.4) is 0 Å². The number of sulfonamides is 2. The number of amides is 1. The highest BCUT2D eigenvalue weighted by Gasteiger charge is 2.30. The topological polar surface area (TPSA) is 95.1 Å². The number of anilines is 1. The van der Waals surface area contributed by atoms with E-state index in [2.05, 4.69) is 0 Å². The summed E-state index contributed by atoms with van der Waals surface area (Å²) in [6, 6.07) is 18.1. The molecule has 0 spiro atoms. The van der Waals surface area contributed by atoms with Gasteiger partial charge in [-0.25, -0.2) is 16.8 Å². The molecular formula is C26H27Cl2N3O5S2. The fraction of sp³-hybridized carbons (Fsp3) is 0.269. The van der Waals surface area contributed by atoms with Crippen LogP contribution in [0.1, 0.15) is 21.5 Å². The maximum absolute atomic E-state index is 13.1. The molecule has 0 saturated carbocycles. The van der Waals surface area contributed by atoms with Gasteiger partial charge in [0, 0.05) is 31.7 Å². The Hall–Kier alpha value is -2.63. The van der Waals surface area contributed by atoms with Gasteiger partial charge in [-0.2, -0.15) is 4.31 Å². The Morgan fingerprint density at radius 2 is 1.47 bits per heavy atom. The summed E-state index contributed by atoms with van der Waals surface area (Å²) in [5.41, 5.74) is 2.32. The van der Waals surface area contributed by atoms with Crippen LogP contribution in [-0.4, -0.2) is 64.4 Å². The second-order valence-electron chi connectivity index (χ2n) is 9.05. The van der Waals surface area contributed by atoms with E-state index in [-0.39, 0.29) is 59.3 Å². The van der Waals surface area contributed by atoms with Crippen molar-refractivity contribution in [3.8, 4) is 0 Å². The molecule has 3 aromatic carbocycles. The van der Waals surface area contributed by atoms with E-state index in [9.17, 15) is 21.6 Å². The molecule has 0 bridgehead atoms. The lowest BCUT2D eigenvalue weighted by molar-refractivity contribution is 0.0698. The Labute approximate surface area is 233 Å². The van der Waals surface area contributed by atoms with Gasteiger partial charge in [0.25, 0.3) is 5.91 Å². The predicted octanol–water partition coefficient (Wildman–Crippen LogP) is 4.41. The molecule has 1 fully saturated rings. The SMILES string of the molecule is Cc1ccc(S(=O)(=O)N2CCN(C(=O)c3ccc(CN(c4cccc(Cl)c4Cl)S(C)(=O)=O)cc3)CC2)cc1. The summed E-state index contributed by atoms with van der Waals surface area (Å²) in [4.78, 5) is 14.9. The van der Waals surface area contributed by atoms with Gasteiger partial charge in [-0.3, -0.25) is 9.10 Å². The summed E-state index contributed by atoms with van der Waals surface area (Å²) in [6.45, 7) is 2.82. The standard InChI is InChI=1S/C26H27Cl2N3O5S2/c1-19-6-12-22(13-7-19)38(35,36)30-16-14-29(15-17-30)26(32)21-10-8-20(9-11-21)18-31(37(2,33)34)24-5-3-4-23(27)25(24)28/h3-13H,14-18H2,1-2H3. The lowest BCUT2D eigenvalue weighted by Crippen LogP contribution is -2.50. The van der Waals surface area contributed by atoms with Crippen LogP contribution in [0.2, 0.25) is 10.0 Å². The summed E-state index contributed by atoms with van der Waals surface area (Å²) in [5.74, 6) is -0.221. The fourth-order valence-electron chi connectivity index (χ4n) is 4.16. The Balaban J connectivity index is 1.43. The molecule has 0 N–H and O–H groups in total. The van der Waals surface area contributed by atoms with E-state index in [0.29, 0.717) is 11.1 Å². The van der Waals surface area contributed by atoms with Crippen molar-refractivity contribution in [3.63, 3.8) is 0 Å². The summed E-state index contributed by atoms with van der Waals surface area (Å²) in [7, 11) is -7.30. The Kier molecular flexibility index (Phi) is 8.39. The Morgan fingerprint density at radius 3 is 2.05 bits per heavy atom. The highest BCUT2D eigenvalue weighted by molar-refractivity contribution is 7.92. The Bertz CT molecular complexity index is 1540. The number of halogens is 2. The van der Waals surface area contributed by atoms with Crippen molar-refractivity contribution in [1.82, 2.24) is 9.21 Å². The largest absolute Gasteiger partial charge is 0.336 e. The van der Waals surface area contributed by atoms with Crippen molar-refractivity contribution in [3.05, 3.63) is 93.5 Å². The van der Waals surface area contributed by atoms with Gasteiger partial charge in [0.05, 0.1) is 33.4 Å². The van der Waals surface area contributed by atoms with Crippen molar-refractivity contribution < 1.29 is 21.6 Å². The molecule has 1 saturated heterocycles. The average Bonchev–Trinajstić information content (AvgIpc) is 2.89. The number of nitrogens with zero attached hydrogens (tertiary/aromatic N) is 3. The number of carbonyl (C=O) groups is 1. The molecule has 3 aromatic rings. The van der Waals surface area contributed by atoms with Gasteiger partial charge in [0.2, 0.25) is 20.0 Å². The van der Waals surface area contributed by atoms with Crippen molar-refractivity contribution in [1.29, 1.82) is 0 Å². The first-order chi connectivity index (χ1) is 17.9. The van der Waals surface area contributed by atoms with E-state index in [1.54, 1.807) is 71.6 Å². The lowest BCUT2D eigenvalue weighted by atomic mass is 10.1. The van der Waals surface area contributed by atoms with E-state index < -0.39 is 20.0 Å². The fourth-order valence-corrected chi connectivity index (χ4v) is 6.92. The summed E-state index contributed by atoms with van der Waals surface area (Å²) < 4.78 is 53.4. The van der Waals surface area contributed by atoms with Crippen molar-refractivity contribution in [2.75, 3.05) is 36.7 Å². The van der Waals surface area contributed by atoms with Crippen molar-refractivity contribution in [2.45, 2.75) is 18.4 Å². The smallest absolute Gasteiger partial charge is 0.253 e. The molecule has 1 aliphatic heterocycles.